The first-order valence-corrected chi connectivity index (χ1v) is 7.23. The van der Waals surface area contributed by atoms with Gasteiger partial charge in [-0.05, 0) is 37.4 Å². The van der Waals surface area contributed by atoms with Crippen molar-refractivity contribution in [1.82, 2.24) is 5.32 Å². The fourth-order valence-electron chi connectivity index (χ4n) is 2.91. The van der Waals surface area contributed by atoms with Gasteiger partial charge in [-0.15, -0.1) is 0 Å². The molecule has 2 rings (SSSR count). The van der Waals surface area contributed by atoms with Crippen molar-refractivity contribution in [2.75, 3.05) is 20.8 Å². The van der Waals surface area contributed by atoms with Gasteiger partial charge in [-0.1, -0.05) is 31.0 Å². The number of para-hydroxylation sites is 1. The molecule has 19 heavy (non-hydrogen) atoms. The highest BCUT2D eigenvalue weighted by atomic mass is 16.5. The van der Waals surface area contributed by atoms with Gasteiger partial charge in [0, 0.05) is 13.2 Å². The van der Waals surface area contributed by atoms with Gasteiger partial charge in [0.1, 0.15) is 5.75 Å². The van der Waals surface area contributed by atoms with Crippen molar-refractivity contribution in [1.29, 1.82) is 0 Å². The van der Waals surface area contributed by atoms with Crippen LogP contribution in [0.1, 0.15) is 31.2 Å². The molecule has 0 heterocycles. The molecule has 3 heteroatoms. The molecular weight excluding hydrogens is 238 g/mol. The van der Waals surface area contributed by atoms with E-state index in [9.17, 15) is 0 Å². The summed E-state index contributed by atoms with van der Waals surface area (Å²) in [6.45, 7) is 0.977. The summed E-state index contributed by atoms with van der Waals surface area (Å²) in [6, 6.07) is 8.74. The second-order valence-corrected chi connectivity index (χ2v) is 5.18. The number of nitrogens with one attached hydrogen (secondary N) is 1. The Balaban J connectivity index is 1.82. The molecule has 1 aliphatic rings. The van der Waals surface area contributed by atoms with E-state index in [4.69, 9.17) is 9.47 Å². The molecule has 1 aliphatic carbocycles. The van der Waals surface area contributed by atoms with Crippen molar-refractivity contribution in [3.8, 4) is 5.75 Å². The van der Waals surface area contributed by atoms with E-state index >= 15 is 0 Å². The summed E-state index contributed by atoms with van der Waals surface area (Å²) in [7, 11) is 3.55. The van der Waals surface area contributed by atoms with E-state index in [1.165, 1.54) is 31.2 Å². The van der Waals surface area contributed by atoms with E-state index in [-0.39, 0.29) is 0 Å². The quantitative estimate of drug-likeness (QED) is 0.856. The third-order valence-corrected chi connectivity index (χ3v) is 4.00. The minimum Gasteiger partial charge on any atom is -0.496 e. The van der Waals surface area contributed by atoms with Crippen LogP contribution in [0.2, 0.25) is 0 Å². The average molecular weight is 263 g/mol. The molecule has 1 aromatic carbocycles. The highest BCUT2D eigenvalue weighted by Gasteiger charge is 2.23. The Hall–Kier alpha value is -1.06. The topological polar surface area (TPSA) is 30.5 Å². The van der Waals surface area contributed by atoms with Gasteiger partial charge in [0.25, 0.3) is 0 Å². The van der Waals surface area contributed by atoms with E-state index in [0.717, 1.165) is 18.7 Å². The monoisotopic (exact) mass is 263 g/mol. The van der Waals surface area contributed by atoms with E-state index in [1.807, 2.05) is 19.2 Å². The standard InChI is InChI=1S/C16H25NO2/c1-18-15-9-5-3-7-13(15)11-12-17-14-8-4-6-10-16(14)19-2/h3,5,7,9,14,16-17H,4,6,8,10-12H2,1-2H3/t14-,16+/m1/s1. The summed E-state index contributed by atoms with van der Waals surface area (Å²) < 4.78 is 10.9. The maximum Gasteiger partial charge on any atom is 0.122 e. The Morgan fingerprint density at radius 2 is 1.95 bits per heavy atom. The zero-order chi connectivity index (χ0) is 13.5. The van der Waals surface area contributed by atoms with Gasteiger partial charge in [0.15, 0.2) is 0 Å². The largest absolute Gasteiger partial charge is 0.496 e. The van der Waals surface area contributed by atoms with Crippen molar-refractivity contribution in [3.05, 3.63) is 29.8 Å². The van der Waals surface area contributed by atoms with E-state index in [2.05, 4.69) is 17.4 Å². The van der Waals surface area contributed by atoms with Crippen LogP contribution in [-0.4, -0.2) is 32.9 Å². The first-order chi connectivity index (χ1) is 9.35. The predicted octanol–water partition coefficient (Wildman–Crippen LogP) is 2.78. The van der Waals surface area contributed by atoms with E-state index < -0.39 is 0 Å². The Kier molecular flexibility index (Phi) is 5.67. The van der Waals surface area contributed by atoms with Gasteiger partial charge in [0.05, 0.1) is 13.2 Å². The van der Waals surface area contributed by atoms with Crippen LogP contribution >= 0.6 is 0 Å². The highest BCUT2D eigenvalue weighted by molar-refractivity contribution is 5.33. The fourth-order valence-corrected chi connectivity index (χ4v) is 2.91. The molecule has 1 N–H and O–H groups in total. The van der Waals surface area contributed by atoms with Crippen molar-refractivity contribution in [2.24, 2.45) is 0 Å². The van der Waals surface area contributed by atoms with Crippen molar-refractivity contribution in [2.45, 2.75) is 44.2 Å². The number of hydrogen-bond donors (Lipinski definition) is 1. The molecule has 106 valence electrons. The molecule has 0 saturated heterocycles. The molecular formula is C16H25NO2. The lowest BCUT2D eigenvalue weighted by Gasteiger charge is -2.31. The maximum atomic E-state index is 5.56. The first-order valence-electron chi connectivity index (χ1n) is 7.23. The molecule has 0 aromatic heterocycles. The van der Waals surface area contributed by atoms with Crippen LogP contribution < -0.4 is 10.1 Å². The molecule has 0 amide bonds. The Morgan fingerprint density at radius 3 is 2.74 bits per heavy atom. The molecule has 0 radical (unpaired) electrons. The minimum atomic E-state index is 0.381. The van der Waals surface area contributed by atoms with Gasteiger partial charge in [-0.25, -0.2) is 0 Å². The van der Waals surface area contributed by atoms with E-state index in [1.54, 1.807) is 7.11 Å². The smallest absolute Gasteiger partial charge is 0.122 e. The second kappa shape index (κ2) is 7.51. The van der Waals surface area contributed by atoms with Gasteiger partial charge in [-0.3, -0.25) is 0 Å². The molecule has 1 saturated carbocycles. The van der Waals surface area contributed by atoms with Crippen molar-refractivity contribution >= 4 is 0 Å². The summed E-state index contributed by atoms with van der Waals surface area (Å²) in [6.07, 6.45) is 6.39. The van der Waals surface area contributed by atoms with Crippen LogP contribution in [0.5, 0.6) is 5.75 Å². The molecule has 1 fully saturated rings. The third-order valence-electron chi connectivity index (χ3n) is 4.00. The zero-order valence-corrected chi connectivity index (χ0v) is 12.0. The summed E-state index contributed by atoms with van der Waals surface area (Å²) in [5.74, 6) is 0.983. The van der Waals surface area contributed by atoms with Gasteiger partial charge in [0.2, 0.25) is 0 Å². The second-order valence-electron chi connectivity index (χ2n) is 5.18. The fraction of sp³-hybridized carbons (Fsp3) is 0.625. The Morgan fingerprint density at radius 1 is 1.16 bits per heavy atom. The summed E-state index contributed by atoms with van der Waals surface area (Å²) in [5, 5.41) is 3.64. The normalized spacial score (nSPS) is 23.3. The van der Waals surface area contributed by atoms with Crippen LogP contribution in [-0.2, 0) is 11.2 Å². The Labute approximate surface area is 116 Å². The number of rotatable bonds is 6. The molecule has 0 bridgehead atoms. The summed E-state index contributed by atoms with van der Waals surface area (Å²) in [5.41, 5.74) is 1.27. The number of ether oxygens (including phenoxy) is 2. The molecule has 1 aromatic rings. The highest BCUT2D eigenvalue weighted by Crippen LogP contribution is 2.21. The lowest BCUT2D eigenvalue weighted by atomic mass is 9.92. The van der Waals surface area contributed by atoms with Gasteiger partial charge < -0.3 is 14.8 Å². The molecule has 2 atom stereocenters. The molecule has 3 nitrogen and oxygen atoms in total. The lowest BCUT2D eigenvalue weighted by Crippen LogP contribution is -2.43. The van der Waals surface area contributed by atoms with Crippen LogP contribution in [0.25, 0.3) is 0 Å². The average Bonchev–Trinajstić information content (AvgIpc) is 2.48. The number of methoxy groups -OCH3 is 2. The number of benzene rings is 1. The van der Waals surface area contributed by atoms with Crippen LogP contribution in [0.15, 0.2) is 24.3 Å². The van der Waals surface area contributed by atoms with Crippen LogP contribution in [0.4, 0.5) is 0 Å². The van der Waals surface area contributed by atoms with Crippen molar-refractivity contribution in [3.63, 3.8) is 0 Å². The molecule has 0 aliphatic heterocycles. The van der Waals surface area contributed by atoms with Crippen LogP contribution in [0.3, 0.4) is 0 Å². The number of hydrogen-bond acceptors (Lipinski definition) is 3. The molecule has 0 spiro atoms. The van der Waals surface area contributed by atoms with Gasteiger partial charge >= 0.3 is 0 Å². The minimum absolute atomic E-state index is 0.381. The third kappa shape index (κ3) is 3.95. The zero-order valence-electron chi connectivity index (χ0n) is 12.0. The van der Waals surface area contributed by atoms with Gasteiger partial charge in [-0.2, -0.15) is 0 Å². The lowest BCUT2D eigenvalue weighted by molar-refractivity contribution is 0.0421. The van der Waals surface area contributed by atoms with E-state index in [0.29, 0.717) is 12.1 Å². The van der Waals surface area contributed by atoms with Crippen LogP contribution in [0, 0.1) is 0 Å². The maximum absolute atomic E-state index is 5.56. The molecule has 0 unspecified atom stereocenters. The first kappa shape index (κ1) is 14.4. The Bertz CT molecular complexity index is 381. The summed E-state index contributed by atoms with van der Waals surface area (Å²) in [4.78, 5) is 0. The summed E-state index contributed by atoms with van der Waals surface area (Å²) >= 11 is 0. The predicted molar refractivity (Wildman–Crippen MR) is 77.8 cm³/mol. The van der Waals surface area contributed by atoms with Crippen molar-refractivity contribution < 1.29 is 9.47 Å². The SMILES string of the molecule is COc1ccccc1CCN[C@@H]1CCCC[C@@H]1OC.